The fraction of sp³-hybridized carbons (Fsp3) is 0.938. The van der Waals surface area contributed by atoms with Gasteiger partial charge in [0, 0.05) is 26.2 Å². The number of likely N-dealkylation sites (N-methyl/N-ethyl adjacent to an activating group) is 1. The Labute approximate surface area is 125 Å². The van der Waals surface area contributed by atoms with Crippen molar-refractivity contribution in [1.29, 1.82) is 0 Å². The molecule has 1 aliphatic carbocycles. The highest BCUT2D eigenvalue weighted by molar-refractivity contribution is 5.79. The van der Waals surface area contributed by atoms with E-state index < -0.39 is 0 Å². The second kappa shape index (κ2) is 9.22. The first-order chi connectivity index (χ1) is 9.54. The molecule has 0 aliphatic heterocycles. The van der Waals surface area contributed by atoms with Gasteiger partial charge in [-0.15, -0.1) is 0 Å². The Hall–Kier alpha value is -0.770. The molecule has 1 fully saturated rings. The van der Waals surface area contributed by atoms with Gasteiger partial charge in [0.05, 0.1) is 0 Å². The Morgan fingerprint density at radius 3 is 2.20 bits per heavy atom. The molecule has 4 heteroatoms. The van der Waals surface area contributed by atoms with Gasteiger partial charge in [-0.3, -0.25) is 4.99 Å². The largest absolute Gasteiger partial charge is 0.356 e. The van der Waals surface area contributed by atoms with E-state index in [-0.39, 0.29) is 0 Å². The summed E-state index contributed by atoms with van der Waals surface area (Å²) in [5.41, 5.74) is 0. The van der Waals surface area contributed by atoms with E-state index in [1.807, 2.05) is 7.05 Å². The summed E-state index contributed by atoms with van der Waals surface area (Å²) < 4.78 is 0. The van der Waals surface area contributed by atoms with E-state index in [9.17, 15) is 0 Å². The van der Waals surface area contributed by atoms with Crippen LogP contribution in [0.2, 0.25) is 0 Å². The highest BCUT2D eigenvalue weighted by Crippen LogP contribution is 2.27. The van der Waals surface area contributed by atoms with Gasteiger partial charge in [-0.2, -0.15) is 0 Å². The number of hydrogen-bond acceptors (Lipinski definition) is 2. The van der Waals surface area contributed by atoms with Crippen molar-refractivity contribution in [2.75, 3.05) is 34.2 Å². The van der Waals surface area contributed by atoms with Crippen LogP contribution in [0.5, 0.6) is 0 Å². The number of hydrogen-bond donors (Lipinski definition) is 2. The summed E-state index contributed by atoms with van der Waals surface area (Å²) in [5, 5.41) is 6.89. The Morgan fingerprint density at radius 1 is 1.10 bits per heavy atom. The van der Waals surface area contributed by atoms with Gasteiger partial charge in [0.2, 0.25) is 0 Å². The van der Waals surface area contributed by atoms with Crippen molar-refractivity contribution in [3.8, 4) is 0 Å². The van der Waals surface area contributed by atoms with Crippen LogP contribution in [0.3, 0.4) is 0 Å². The van der Waals surface area contributed by atoms with Gasteiger partial charge in [-0.1, -0.05) is 33.1 Å². The molecule has 0 bridgehead atoms. The van der Waals surface area contributed by atoms with Crippen LogP contribution in [0.1, 0.15) is 46.0 Å². The van der Waals surface area contributed by atoms with E-state index in [2.05, 4.69) is 48.5 Å². The molecule has 20 heavy (non-hydrogen) atoms. The number of nitrogens with zero attached hydrogens (tertiary/aromatic N) is 2. The zero-order chi connectivity index (χ0) is 15.0. The fourth-order valence-corrected chi connectivity index (χ4v) is 3.01. The lowest BCUT2D eigenvalue weighted by atomic mass is 9.83. The molecule has 0 radical (unpaired) electrons. The average molecular weight is 282 g/mol. The van der Waals surface area contributed by atoms with Gasteiger partial charge in [0.25, 0.3) is 0 Å². The first-order valence-corrected chi connectivity index (χ1v) is 8.15. The summed E-state index contributed by atoms with van der Waals surface area (Å²) in [5.74, 6) is 2.40. The van der Waals surface area contributed by atoms with Crippen LogP contribution in [0.25, 0.3) is 0 Å². The van der Waals surface area contributed by atoms with E-state index in [0.29, 0.717) is 12.0 Å². The lowest BCUT2D eigenvalue weighted by Gasteiger charge is -2.35. The highest BCUT2D eigenvalue weighted by atomic mass is 15.2. The van der Waals surface area contributed by atoms with Crippen molar-refractivity contribution >= 4 is 5.96 Å². The van der Waals surface area contributed by atoms with Crippen LogP contribution in [-0.2, 0) is 0 Å². The van der Waals surface area contributed by atoms with E-state index in [4.69, 9.17) is 0 Å². The van der Waals surface area contributed by atoms with Crippen LogP contribution < -0.4 is 10.6 Å². The van der Waals surface area contributed by atoms with Gasteiger partial charge in [0.15, 0.2) is 5.96 Å². The molecular formula is C16H34N4. The molecule has 0 aromatic heterocycles. The SMILES string of the molecule is CN=C(NCC(C)C)NCC(C1CCCCC1)N(C)C. The number of rotatable bonds is 6. The molecule has 1 saturated carbocycles. The molecular weight excluding hydrogens is 248 g/mol. The smallest absolute Gasteiger partial charge is 0.191 e. The van der Waals surface area contributed by atoms with Crippen molar-refractivity contribution in [2.24, 2.45) is 16.8 Å². The Kier molecular flexibility index (Phi) is 7.97. The third-order valence-electron chi connectivity index (χ3n) is 4.24. The number of nitrogens with one attached hydrogen (secondary N) is 2. The zero-order valence-corrected chi connectivity index (χ0v) is 14.1. The monoisotopic (exact) mass is 282 g/mol. The molecule has 1 atom stereocenters. The van der Waals surface area contributed by atoms with Crippen LogP contribution in [-0.4, -0.2) is 51.1 Å². The molecule has 0 spiro atoms. The van der Waals surface area contributed by atoms with Crippen molar-refractivity contribution in [1.82, 2.24) is 15.5 Å². The van der Waals surface area contributed by atoms with E-state index in [0.717, 1.165) is 25.0 Å². The number of aliphatic imine (C=N–C) groups is 1. The molecule has 0 saturated heterocycles. The lowest BCUT2D eigenvalue weighted by Crippen LogP contribution is -2.48. The minimum atomic E-state index is 0.605. The van der Waals surface area contributed by atoms with Crippen LogP contribution in [0.4, 0.5) is 0 Å². The summed E-state index contributed by atoms with van der Waals surface area (Å²) in [4.78, 5) is 6.69. The van der Waals surface area contributed by atoms with Crippen molar-refractivity contribution < 1.29 is 0 Å². The van der Waals surface area contributed by atoms with E-state index >= 15 is 0 Å². The van der Waals surface area contributed by atoms with Gasteiger partial charge in [-0.05, 0) is 38.8 Å². The first-order valence-electron chi connectivity index (χ1n) is 8.15. The minimum absolute atomic E-state index is 0.605. The normalized spacial score (nSPS) is 19.4. The second-order valence-corrected chi connectivity index (χ2v) is 6.66. The number of guanidine groups is 1. The van der Waals surface area contributed by atoms with Crippen LogP contribution in [0, 0.1) is 11.8 Å². The topological polar surface area (TPSA) is 39.7 Å². The summed E-state index contributed by atoms with van der Waals surface area (Å²) in [6.07, 6.45) is 6.97. The lowest BCUT2D eigenvalue weighted by molar-refractivity contribution is 0.171. The van der Waals surface area contributed by atoms with Crippen molar-refractivity contribution in [2.45, 2.75) is 52.0 Å². The van der Waals surface area contributed by atoms with Gasteiger partial charge < -0.3 is 15.5 Å². The average Bonchev–Trinajstić information content (AvgIpc) is 2.43. The molecule has 0 aromatic rings. The second-order valence-electron chi connectivity index (χ2n) is 6.66. The molecule has 0 aromatic carbocycles. The van der Waals surface area contributed by atoms with Gasteiger partial charge in [-0.25, -0.2) is 0 Å². The van der Waals surface area contributed by atoms with Crippen LogP contribution in [0.15, 0.2) is 4.99 Å². The molecule has 4 nitrogen and oxygen atoms in total. The quantitative estimate of drug-likeness (QED) is 0.580. The van der Waals surface area contributed by atoms with E-state index in [1.165, 1.54) is 32.1 Å². The van der Waals surface area contributed by atoms with Crippen LogP contribution >= 0.6 is 0 Å². The zero-order valence-electron chi connectivity index (χ0n) is 14.1. The standard InChI is InChI=1S/C16H34N4/c1-13(2)11-18-16(17-3)19-12-15(20(4)5)14-9-7-6-8-10-14/h13-15H,6-12H2,1-5H3,(H2,17,18,19). The summed E-state index contributed by atoms with van der Waals surface area (Å²) in [6, 6.07) is 0.605. The van der Waals surface area contributed by atoms with Crippen molar-refractivity contribution in [3.63, 3.8) is 0 Å². The molecule has 1 rings (SSSR count). The molecule has 1 unspecified atom stereocenters. The first kappa shape index (κ1) is 17.3. The molecule has 2 N–H and O–H groups in total. The fourth-order valence-electron chi connectivity index (χ4n) is 3.01. The molecule has 0 amide bonds. The summed E-state index contributed by atoms with van der Waals surface area (Å²) in [7, 11) is 6.25. The molecule has 0 heterocycles. The Bertz CT molecular complexity index is 280. The maximum atomic E-state index is 4.31. The van der Waals surface area contributed by atoms with Gasteiger partial charge in [0.1, 0.15) is 0 Å². The highest BCUT2D eigenvalue weighted by Gasteiger charge is 2.25. The Morgan fingerprint density at radius 2 is 1.70 bits per heavy atom. The maximum absolute atomic E-state index is 4.31. The minimum Gasteiger partial charge on any atom is -0.356 e. The van der Waals surface area contributed by atoms with Gasteiger partial charge >= 0.3 is 0 Å². The summed E-state index contributed by atoms with van der Waals surface area (Å²) >= 11 is 0. The predicted octanol–water partition coefficient (Wildman–Crippen LogP) is 2.32. The third-order valence-corrected chi connectivity index (χ3v) is 4.24. The van der Waals surface area contributed by atoms with E-state index in [1.54, 1.807) is 0 Å². The summed E-state index contributed by atoms with van der Waals surface area (Å²) in [6.45, 7) is 6.38. The van der Waals surface area contributed by atoms with Crippen molar-refractivity contribution in [3.05, 3.63) is 0 Å². The Balaban J connectivity index is 2.44. The predicted molar refractivity (Wildman–Crippen MR) is 88.3 cm³/mol. The maximum Gasteiger partial charge on any atom is 0.191 e. The molecule has 1 aliphatic rings. The third kappa shape index (κ3) is 6.12. The molecule has 118 valence electrons.